The number of halogens is 2. The summed E-state index contributed by atoms with van der Waals surface area (Å²) in [6.45, 7) is 6.05. The first-order valence-corrected chi connectivity index (χ1v) is 16.0. The molecule has 0 rings (SSSR count). The summed E-state index contributed by atoms with van der Waals surface area (Å²) in [6, 6.07) is 0. The summed E-state index contributed by atoms with van der Waals surface area (Å²) in [5.41, 5.74) is 0. The van der Waals surface area contributed by atoms with E-state index in [0.717, 1.165) is 56.2 Å². The maximum absolute atomic E-state index is 5.99. The van der Waals surface area contributed by atoms with Gasteiger partial charge in [-0.3, -0.25) is 0 Å². The van der Waals surface area contributed by atoms with E-state index in [1.165, 1.54) is 89.9 Å². The lowest BCUT2D eigenvalue weighted by Gasteiger charge is -2.18. The quantitative estimate of drug-likeness (QED) is 0.0676. The molecule has 0 aliphatic carbocycles. The fourth-order valence-corrected chi connectivity index (χ4v) is 4.51. The van der Waals surface area contributed by atoms with Crippen molar-refractivity contribution in [1.29, 1.82) is 0 Å². The van der Waals surface area contributed by atoms with Crippen molar-refractivity contribution in [2.45, 2.75) is 129 Å². The maximum atomic E-state index is 5.99. The zero-order valence-electron chi connectivity index (χ0n) is 21.2. The number of rotatable bonds is 28. The summed E-state index contributed by atoms with van der Waals surface area (Å²) in [5.74, 6) is 0. The standard InChI is InChI=1S/C27H54Br2O3/c1-2-3-4-5-6-7-8-9-10-11-12-13-14-17-22-30-25-27(32-24-19-16-21-29)26-31-23-18-15-20-28/h27H,2-26H2,1H3. The van der Waals surface area contributed by atoms with E-state index in [0.29, 0.717) is 13.2 Å². The molecule has 0 spiro atoms. The van der Waals surface area contributed by atoms with E-state index in [2.05, 4.69) is 38.8 Å². The number of hydrogen-bond donors (Lipinski definition) is 0. The molecule has 0 heterocycles. The average Bonchev–Trinajstić information content (AvgIpc) is 2.80. The molecular weight excluding hydrogens is 532 g/mol. The molecular formula is C27H54Br2O3. The Labute approximate surface area is 217 Å². The molecule has 0 aliphatic heterocycles. The maximum Gasteiger partial charge on any atom is 0.104 e. The lowest BCUT2D eigenvalue weighted by molar-refractivity contribution is -0.0611. The first-order valence-electron chi connectivity index (χ1n) is 13.7. The SMILES string of the molecule is CCCCCCCCCCCCCCCCOCC(COCCCCBr)OCCCCBr. The highest BCUT2D eigenvalue weighted by Crippen LogP contribution is 2.13. The van der Waals surface area contributed by atoms with Crippen LogP contribution in [0.5, 0.6) is 0 Å². The molecule has 194 valence electrons. The molecule has 0 radical (unpaired) electrons. The van der Waals surface area contributed by atoms with Crippen LogP contribution in [0.25, 0.3) is 0 Å². The van der Waals surface area contributed by atoms with E-state index < -0.39 is 0 Å². The molecule has 0 aromatic rings. The minimum atomic E-state index is 0.0703. The second kappa shape index (κ2) is 29.9. The van der Waals surface area contributed by atoms with Gasteiger partial charge in [-0.2, -0.15) is 0 Å². The van der Waals surface area contributed by atoms with Gasteiger partial charge in [0.25, 0.3) is 0 Å². The molecule has 0 saturated carbocycles. The Hall–Kier alpha value is 0.840. The fraction of sp³-hybridized carbons (Fsp3) is 1.00. The molecule has 1 unspecified atom stereocenters. The molecule has 0 amide bonds. The number of alkyl halides is 2. The van der Waals surface area contributed by atoms with Crippen LogP contribution in [0.4, 0.5) is 0 Å². The monoisotopic (exact) mass is 584 g/mol. The van der Waals surface area contributed by atoms with E-state index in [1.54, 1.807) is 0 Å². The van der Waals surface area contributed by atoms with E-state index in [1.807, 2.05) is 0 Å². The summed E-state index contributed by atoms with van der Waals surface area (Å²) in [4.78, 5) is 0. The third kappa shape index (κ3) is 27.1. The molecule has 0 bridgehead atoms. The van der Waals surface area contributed by atoms with Crippen LogP contribution in [0.2, 0.25) is 0 Å². The van der Waals surface area contributed by atoms with Crippen molar-refractivity contribution in [3.05, 3.63) is 0 Å². The topological polar surface area (TPSA) is 27.7 Å². The van der Waals surface area contributed by atoms with Crippen LogP contribution in [0, 0.1) is 0 Å². The summed E-state index contributed by atoms with van der Waals surface area (Å²) in [6.07, 6.45) is 24.0. The molecule has 3 nitrogen and oxygen atoms in total. The van der Waals surface area contributed by atoms with Gasteiger partial charge in [0, 0.05) is 30.5 Å². The summed E-state index contributed by atoms with van der Waals surface area (Å²) >= 11 is 6.94. The van der Waals surface area contributed by atoms with Crippen LogP contribution in [0.1, 0.15) is 122 Å². The summed E-state index contributed by atoms with van der Waals surface area (Å²) in [7, 11) is 0. The zero-order valence-corrected chi connectivity index (χ0v) is 24.4. The summed E-state index contributed by atoms with van der Waals surface area (Å²) in [5, 5.41) is 2.09. The molecule has 0 fully saturated rings. The largest absolute Gasteiger partial charge is 0.379 e. The van der Waals surface area contributed by atoms with Gasteiger partial charge in [-0.25, -0.2) is 0 Å². The minimum absolute atomic E-state index is 0.0703. The molecule has 0 N–H and O–H groups in total. The molecule has 5 heteroatoms. The van der Waals surface area contributed by atoms with Crippen molar-refractivity contribution < 1.29 is 14.2 Å². The highest BCUT2D eigenvalue weighted by molar-refractivity contribution is 9.09. The molecule has 1 atom stereocenters. The predicted octanol–water partition coefficient (Wildman–Crippen LogP) is 9.24. The third-order valence-corrected chi connectivity index (χ3v) is 6.93. The number of unbranched alkanes of at least 4 members (excludes halogenated alkanes) is 15. The normalized spacial score (nSPS) is 12.5. The fourth-order valence-electron chi connectivity index (χ4n) is 3.72. The lowest BCUT2D eigenvalue weighted by Crippen LogP contribution is -2.27. The van der Waals surface area contributed by atoms with Crippen LogP contribution in [-0.4, -0.2) is 49.8 Å². The van der Waals surface area contributed by atoms with Gasteiger partial charge in [0.1, 0.15) is 6.10 Å². The van der Waals surface area contributed by atoms with Crippen molar-refractivity contribution in [1.82, 2.24) is 0 Å². The van der Waals surface area contributed by atoms with E-state index in [-0.39, 0.29) is 6.10 Å². The predicted molar refractivity (Wildman–Crippen MR) is 148 cm³/mol. The van der Waals surface area contributed by atoms with E-state index >= 15 is 0 Å². The second-order valence-corrected chi connectivity index (χ2v) is 10.6. The van der Waals surface area contributed by atoms with Gasteiger partial charge in [-0.1, -0.05) is 122 Å². The number of hydrogen-bond acceptors (Lipinski definition) is 3. The molecule has 0 aromatic carbocycles. The molecule has 32 heavy (non-hydrogen) atoms. The third-order valence-electron chi connectivity index (χ3n) is 5.80. The highest BCUT2D eigenvalue weighted by atomic mass is 79.9. The van der Waals surface area contributed by atoms with Crippen molar-refractivity contribution in [3.63, 3.8) is 0 Å². The van der Waals surface area contributed by atoms with Crippen LogP contribution < -0.4 is 0 Å². The Morgan fingerprint density at radius 3 is 1.28 bits per heavy atom. The van der Waals surface area contributed by atoms with E-state index in [9.17, 15) is 0 Å². The van der Waals surface area contributed by atoms with Crippen molar-refractivity contribution in [2.24, 2.45) is 0 Å². The zero-order chi connectivity index (χ0) is 23.4. The summed E-state index contributed by atoms with van der Waals surface area (Å²) < 4.78 is 17.7. The van der Waals surface area contributed by atoms with Gasteiger partial charge >= 0.3 is 0 Å². The van der Waals surface area contributed by atoms with Crippen LogP contribution in [-0.2, 0) is 14.2 Å². The van der Waals surface area contributed by atoms with Gasteiger partial charge in [-0.15, -0.1) is 0 Å². The van der Waals surface area contributed by atoms with Gasteiger partial charge in [0.05, 0.1) is 13.2 Å². The molecule has 0 aliphatic rings. The van der Waals surface area contributed by atoms with Crippen LogP contribution in [0.3, 0.4) is 0 Å². The first-order chi connectivity index (χ1) is 15.8. The van der Waals surface area contributed by atoms with Crippen molar-refractivity contribution in [2.75, 3.05) is 43.7 Å². The van der Waals surface area contributed by atoms with Gasteiger partial charge in [0.2, 0.25) is 0 Å². The molecule has 0 aromatic heterocycles. The van der Waals surface area contributed by atoms with Crippen molar-refractivity contribution in [3.8, 4) is 0 Å². The van der Waals surface area contributed by atoms with Gasteiger partial charge in [0.15, 0.2) is 0 Å². The second-order valence-electron chi connectivity index (χ2n) is 9.03. The average molecular weight is 587 g/mol. The molecule has 0 saturated heterocycles. The van der Waals surface area contributed by atoms with E-state index in [4.69, 9.17) is 14.2 Å². The highest BCUT2D eigenvalue weighted by Gasteiger charge is 2.10. The van der Waals surface area contributed by atoms with Gasteiger partial charge < -0.3 is 14.2 Å². The Balaban J connectivity index is 3.50. The Kier molecular flexibility index (Phi) is 30.7. The van der Waals surface area contributed by atoms with Gasteiger partial charge in [-0.05, 0) is 32.1 Å². The Morgan fingerprint density at radius 2 is 0.844 bits per heavy atom. The number of ether oxygens (including phenoxy) is 3. The van der Waals surface area contributed by atoms with Crippen LogP contribution in [0.15, 0.2) is 0 Å². The smallest absolute Gasteiger partial charge is 0.104 e. The Bertz CT molecular complexity index is 332. The lowest BCUT2D eigenvalue weighted by atomic mass is 10.0. The van der Waals surface area contributed by atoms with Crippen LogP contribution >= 0.6 is 31.9 Å². The van der Waals surface area contributed by atoms with Crippen molar-refractivity contribution >= 4 is 31.9 Å². The Morgan fingerprint density at radius 1 is 0.469 bits per heavy atom. The first kappa shape index (κ1) is 32.8. The minimum Gasteiger partial charge on any atom is -0.379 e.